The van der Waals surface area contributed by atoms with Crippen LogP contribution < -0.4 is 5.32 Å². The number of thioether (sulfide) groups is 1. The van der Waals surface area contributed by atoms with Crippen molar-refractivity contribution in [1.29, 1.82) is 0 Å². The topological polar surface area (TPSA) is 97.1 Å². The fourth-order valence-corrected chi connectivity index (χ4v) is 6.66. The van der Waals surface area contributed by atoms with E-state index in [0.29, 0.717) is 10.9 Å². The minimum atomic E-state index is -0.929. The number of nitrogens with zero attached hydrogens (tertiary/aromatic N) is 3. The average molecular weight is 570 g/mol. The molecule has 0 amide bonds. The van der Waals surface area contributed by atoms with Gasteiger partial charge in [0.15, 0.2) is 11.4 Å². The van der Waals surface area contributed by atoms with E-state index in [4.69, 9.17) is 4.98 Å². The molecular weight excluding hydrogens is 540 g/mol. The number of hydrogen-bond donors (Lipinski definition) is 2. The zero-order valence-corrected chi connectivity index (χ0v) is 22.6. The summed E-state index contributed by atoms with van der Waals surface area (Å²) < 4.78 is 2.58. The zero-order valence-electron chi connectivity index (χ0n) is 20.2. The van der Waals surface area contributed by atoms with Gasteiger partial charge in [-0.15, -0.1) is 0 Å². The van der Waals surface area contributed by atoms with E-state index < -0.39 is 17.4 Å². The minimum absolute atomic E-state index is 0.108. The number of halogens is 1. The van der Waals surface area contributed by atoms with Gasteiger partial charge < -0.3 is 10.4 Å². The molecule has 7 nitrogen and oxygen atoms in total. The molecule has 2 aliphatic rings. The molecule has 1 fully saturated rings. The molecular formula is C27H29BrN4O3S. The molecule has 188 valence electrons. The molecule has 2 aliphatic carbocycles. The lowest BCUT2D eigenvalue weighted by molar-refractivity contribution is -0.140. The van der Waals surface area contributed by atoms with Gasteiger partial charge in [0.2, 0.25) is 0 Å². The number of aliphatic carboxylic acids is 1. The van der Waals surface area contributed by atoms with Crippen molar-refractivity contribution in [2.75, 3.05) is 12.0 Å². The van der Waals surface area contributed by atoms with E-state index >= 15 is 0 Å². The Balaban J connectivity index is 1.38. The van der Waals surface area contributed by atoms with E-state index in [1.165, 1.54) is 0 Å². The lowest BCUT2D eigenvalue weighted by atomic mass is 9.62. The SMILES string of the molecule is CSCCc1nc2cccnc2n1-c1ccc(C[C@H](NC2=C(Br)C(=O)C23CCCCC3)C(=O)O)cc1. The highest BCUT2D eigenvalue weighted by Gasteiger charge is 2.53. The normalized spacial score (nSPS) is 17.9. The number of carbonyl (C=O) groups is 2. The third-order valence-corrected chi connectivity index (χ3v) is 8.67. The van der Waals surface area contributed by atoms with Gasteiger partial charge in [0.05, 0.1) is 9.90 Å². The zero-order chi connectivity index (χ0) is 25.3. The highest BCUT2D eigenvalue weighted by atomic mass is 79.9. The second kappa shape index (κ2) is 10.4. The van der Waals surface area contributed by atoms with Crippen molar-refractivity contribution < 1.29 is 14.7 Å². The number of nitrogens with one attached hydrogen (secondary N) is 1. The van der Waals surface area contributed by atoms with Crippen LogP contribution in [-0.2, 0) is 22.4 Å². The Morgan fingerprint density at radius 3 is 2.67 bits per heavy atom. The van der Waals surface area contributed by atoms with Crippen molar-refractivity contribution in [2.45, 2.75) is 51.0 Å². The summed E-state index contributed by atoms with van der Waals surface area (Å²) in [4.78, 5) is 34.2. The lowest BCUT2D eigenvalue weighted by Crippen LogP contribution is -2.53. The number of fused-ring (bicyclic) bond motifs is 1. The fourth-order valence-electron chi connectivity index (χ4n) is 5.40. The largest absolute Gasteiger partial charge is 0.480 e. The summed E-state index contributed by atoms with van der Waals surface area (Å²) in [6.07, 6.45) is 9.67. The van der Waals surface area contributed by atoms with Crippen molar-refractivity contribution in [3.8, 4) is 5.69 Å². The summed E-state index contributed by atoms with van der Waals surface area (Å²) >= 11 is 5.18. The fraction of sp³-hybridized carbons (Fsp3) is 0.407. The third kappa shape index (κ3) is 4.47. The van der Waals surface area contributed by atoms with Gasteiger partial charge in [0.1, 0.15) is 17.4 Å². The first-order chi connectivity index (χ1) is 17.4. The molecule has 5 rings (SSSR count). The number of aryl methyl sites for hydroxylation is 1. The van der Waals surface area contributed by atoms with Crippen molar-refractivity contribution in [3.05, 3.63) is 64.2 Å². The summed E-state index contributed by atoms with van der Waals surface area (Å²) in [5, 5.41) is 13.2. The van der Waals surface area contributed by atoms with Crippen LogP contribution >= 0.6 is 27.7 Å². The van der Waals surface area contributed by atoms with Crippen LogP contribution in [0, 0.1) is 5.41 Å². The second-order valence-corrected chi connectivity index (χ2v) is 11.3. The van der Waals surface area contributed by atoms with Crippen LogP contribution in [-0.4, -0.2) is 49.4 Å². The Kier molecular flexibility index (Phi) is 7.21. The summed E-state index contributed by atoms with van der Waals surface area (Å²) in [6, 6.07) is 11.0. The molecule has 1 atom stereocenters. The first-order valence-electron chi connectivity index (χ1n) is 12.3. The Hall–Kier alpha value is -2.65. The highest BCUT2D eigenvalue weighted by molar-refractivity contribution is 9.12. The molecule has 2 aromatic heterocycles. The number of ketones is 1. The highest BCUT2D eigenvalue weighted by Crippen LogP contribution is 2.53. The molecule has 1 spiro atoms. The molecule has 1 saturated carbocycles. The van der Waals surface area contributed by atoms with Crippen molar-refractivity contribution >= 4 is 50.6 Å². The van der Waals surface area contributed by atoms with Crippen LogP contribution in [0.2, 0.25) is 0 Å². The van der Waals surface area contributed by atoms with E-state index in [9.17, 15) is 14.7 Å². The second-order valence-electron chi connectivity index (χ2n) is 9.52. The smallest absolute Gasteiger partial charge is 0.326 e. The van der Waals surface area contributed by atoms with Gasteiger partial charge in [-0.25, -0.2) is 14.8 Å². The predicted molar refractivity (Wildman–Crippen MR) is 146 cm³/mol. The summed E-state index contributed by atoms with van der Waals surface area (Å²) in [5.74, 6) is 1.10. The molecule has 3 aromatic rings. The number of aromatic nitrogens is 3. The van der Waals surface area contributed by atoms with E-state index in [1.54, 1.807) is 18.0 Å². The maximum absolute atomic E-state index is 12.7. The molecule has 0 radical (unpaired) electrons. The van der Waals surface area contributed by atoms with Crippen molar-refractivity contribution in [1.82, 2.24) is 19.9 Å². The molecule has 36 heavy (non-hydrogen) atoms. The first-order valence-corrected chi connectivity index (χ1v) is 14.5. The third-order valence-electron chi connectivity index (χ3n) is 7.31. The Labute approximate surface area is 222 Å². The molecule has 0 saturated heterocycles. The Morgan fingerprint density at radius 1 is 1.22 bits per heavy atom. The monoisotopic (exact) mass is 568 g/mol. The minimum Gasteiger partial charge on any atom is -0.480 e. The maximum atomic E-state index is 12.7. The summed E-state index contributed by atoms with van der Waals surface area (Å²) in [5.41, 5.74) is 3.77. The van der Waals surface area contributed by atoms with Crippen LogP contribution in [0.15, 0.2) is 52.8 Å². The number of benzene rings is 1. The number of imidazole rings is 1. The number of rotatable bonds is 9. The van der Waals surface area contributed by atoms with Gasteiger partial charge in [-0.2, -0.15) is 11.8 Å². The number of hydrogen-bond acceptors (Lipinski definition) is 6. The van der Waals surface area contributed by atoms with E-state index in [2.05, 4.69) is 37.1 Å². The van der Waals surface area contributed by atoms with Gasteiger partial charge in [0.25, 0.3) is 0 Å². The van der Waals surface area contributed by atoms with E-state index in [1.807, 2.05) is 36.4 Å². The van der Waals surface area contributed by atoms with Gasteiger partial charge in [-0.05, 0) is 64.9 Å². The summed E-state index contributed by atoms with van der Waals surface area (Å²) in [6.45, 7) is 0. The molecule has 1 aromatic carbocycles. The molecule has 0 bridgehead atoms. The van der Waals surface area contributed by atoms with Crippen LogP contribution in [0.1, 0.15) is 43.5 Å². The van der Waals surface area contributed by atoms with E-state index in [0.717, 1.165) is 78.2 Å². The number of allylic oxidation sites excluding steroid dienone is 2. The Bertz CT molecular complexity index is 1330. The van der Waals surface area contributed by atoms with E-state index in [-0.39, 0.29) is 5.78 Å². The van der Waals surface area contributed by atoms with Gasteiger partial charge in [0, 0.05) is 36.2 Å². The Morgan fingerprint density at radius 2 is 1.97 bits per heavy atom. The standard InChI is InChI=1S/C27H29BrN4O3S/c1-36-15-11-21-30-19-6-5-14-29-25(19)32(21)18-9-7-17(8-10-18)16-20(26(34)35)31-23-22(28)24(33)27(23)12-3-2-4-13-27/h5-10,14,20,31H,2-4,11-13,15-16H2,1H3,(H,34,35)/t20-/m0/s1. The number of Topliss-reactive ketones (excluding diaryl/α,β-unsaturated/α-hetero) is 1. The molecule has 2 N–H and O–H groups in total. The van der Waals surface area contributed by atoms with Gasteiger partial charge >= 0.3 is 5.97 Å². The first kappa shape index (κ1) is 25.0. The number of carboxylic acid groups (broad SMARTS) is 1. The average Bonchev–Trinajstić information content (AvgIpc) is 3.28. The quantitative estimate of drug-likeness (QED) is 0.372. The van der Waals surface area contributed by atoms with Crippen molar-refractivity contribution in [2.24, 2.45) is 5.41 Å². The summed E-state index contributed by atoms with van der Waals surface area (Å²) in [7, 11) is 0. The number of carboxylic acids is 1. The van der Waals surface area contributed by atoms with Crippen LogP contribution in [0.4, 0.5) is 0 Å². The van der Waals surface area contributed by atoms with Crippen LogP contribution in [0.3, 0.4) is 0 Å². The molecule has 0 aliphatic heterocycles. The predicted octanol–water partition coefficient (Wildman–Crippen LogP) is 5.05. The van der Waals surface area contributed by atoms with Gasteiger partial charge in [-0.3, -0.25) is 9.36 Å². The molecule has 0 unspecified atom stereocenters. The van der Waals surface area contributed by atoms with Gasteiger partial charge in [-0.1, -0.05) is 31.4 Å². The maximum Gasteiger partial charge on any atom is 0.326 e. The van der Waals surface area contributed by atoms with Crippen LogP contribution in [0.25, 0.3) is 16.9 Å². The number of carbonyl (C=O) groups excluding carboxylic acids is 1. The lowest BCUT2D eigenvalue weighted by Gasteiger charge is -2.46. The number of pyridine rings is 1. The van der Waals surface area contributed by atoms with Crippen molar-refractivity contribution in [3.63, 3.8) is 0 Å². The molecule has 2 heterocycles. The van der Waals surface area contributed by atoms with Crippen LogP contribution in [0.5, 0.6) is 0 Å². The molecule has 9 heteroatoms.